The predicted octanol–water partition coefficient (Wildman–Crippen LogP) is 5.20. The van der Waals surface area contributed by atoms with E-state index in [4.69, 9.17) is 4.42 Å². The summed E-state index contributed by atoms with van der Waals surface area (Å²) in [5.41, 5.74) is 4.04. The number of rotatable bonds is 2. The summed E-state index contributed by atoms with van der Waals surface area (Å²) in [6.45, 7) is 1.55. The molecule has 5 nitrogen and oxygen atoms in total. The second-order valence-electron chi connectivity index (χ2n) is 7.78. The number of ketones is 1. The number of carbonyl (C=O) groups is 2. The van der Waals surface area contributed by atoms with Crippen LogP contribution in [0.2, 0.25) is 0 Å². The Morgan fingerprint density at radius 1 is 1.00 bits per heavy atom. The first kappa shape index (κ1) is 18.4. The molecule has 0 fully saturated rings. The Labute approximate surface area is 175 Å². The zero-order chi connectivity index (χ0) is 20.7. The quantitative estimate of drug-likeness (QED) is 0.644. The van der Waals surface area contributed by atoms with E-state index < -0.39 is 6.04 Å². The fourth-order valence-electron chi connectivity index (χ4n) is 4.61. The lowest BCUT2D eigenvalue weighted by Crippen LogP contribution is -2.37. The maximum atomic E-state index is 13.5. The molecule has 1 N–H and O–H groups in total. The standard InChI is InChI=1S/C25H22N2O3/c1-16(28)27-21-11-6-5-10-19(21)26-20-14-18(23-12-7-13-30-23)15-22(29)24(20)25(27)17-8-3-2-4-9-17/h2-13,18,25-26H,14-15H2,1H3. The highest BCUT2D eigenvalue weighted by molar-refractivity contribution is 6.05. The lowest BCUT2D eigenvalue weighted by atomic mass is 9.80. The first-order chi connectivity index (χ1) is 14.6. The van der Waals surface area contributed by atoms with Crippen molar-refractivity contribution in [1.29, 1.82) is 0 Å². The van der Waals surface area contributed by atoms with E-state index in [1.165, 1.54) is 0 Å². The Bertz CT molecular complexity index is 1130. The van der Waals surface area contributed by atoms with Crippen LogP contribution in [0.5, 0.6) is 0 Å². The van der Waals surface area contributed by atoms with Crippen molar-refractivity contribution in [1.82, 2.24) is 0 Å². The van der Waals surface area contributed by atoms with Crippen LogP contribution < -0.4 is 10.2 Å². The summed E-state index contributed by atoms with van der Waals surface area (Å²) < 4.78 is 5.61. The number of nitrogens with one attached hydrogen (secondary N) is 1. The molecule has 1 aromatic heterocycles. The molecule has 2 aromatic carbocycles. The van der Waals surface area contributed by atoms with Crippen LogP contribution in [0.1, 0.15) is 43.0 Å². The maximum absolute atomic E-state index is 13.5. The summed E-state index contributed by atoms with van der Waals surface area (Å²) in [5.74, 6) is 0.728. The first-order valence-corrected chi connectivity index (χ1v) is 10.1. The molecule has 150 valence electrons. The second-order valence-corrected chi connectivity index (χ2v) is 7.78. The highest BCUT2D eigenvalue weighted by Crippen LogP contribution is 2.47. The van der Waals surface area contributed by atoms with E-state index in [-0.39, 0.29) is 17.6 Å². The summed E-state index contributed by atoms with van der Waals surface area (Å²) in [7, 11) is 0. The number of hydrogen-bond acceptors (Lipinski definition) is 4. The second kappa shape index (κ2) is 7.34. The van der Waals surface area contributed by atoms with Crippen LogP contribution in [0.3, 0.4) is 0 Å². The van der Waals surface area contributed by atoms with Crippen LogP contribution in [-0.2, 0) is 9.59 Å². The number of nitrogens with zero attached hydrogens (tertiary/aromatic N) is 1. The van der Waals surface area contributed by atoms with Gasteiger partial charge in [0.05, 0.1) is 23.7 Å². The Kier molecular flexibility index (Phi) is 4.51. The molecule has 30 heavy (non-hydrogen) atoms. The molecule has 1 aliphatic heterocycles. The molecule has 0 saturated carbocycles. The molecule has 0 bridgehead atoms. The number of fused-ring (bicyclic) bond motifs is 1. The third-order valence-electron chi connectivity index (χ3n) is 5.89. The Morgan fingerprint density at radius 3 is 2.50 bits per heavy atom. The minimum absolute atomic E-state index is 0.0220. The highest BCUT2D eigenvalue weighted by Gasteiger charge is 2.41. The van der Waals surface area contributed by atoms with Gasteiger partial charge in [0.2, 0.25) is 5.91 Å². The lowest BCUT2D eigenvalue weighted by molar-refractivity contribution is -0.117. The van der Waals surface area contributed by atoms with E-state index in [9.17, 15) is 9.59 Å². The summed E-state index contributed by atoms with van der Waals surface area (Å²) >= 11 is 0. The number of Topliss-reactive ketones (excluding diaryl/α,β-unsaturated/α-hetero) is 1. The third-order valence-corrected chi connectivity index (χ3v) is 5.89. The van der Waals surface area contributed by atoms with E-state index in [2.05, 4.69) is 5.32 Å². The number of amides is 1. The molecular weight excluding hydrogens is 376 g/mol. The fourth-order valence-corrected chi connectivity index (χ4v) is 4.61. The van der Waals surface area contributed by atoms with Crippen molar-refractivity contribution >= 4 is 23.1 Å². The molecule has 1 aliphatic carbocycles. The number of furan rings is 1. The van der Waals surface area contributed by atoms with Crippen molar-refractivity contribution in [2.75, 3.05) is 10.2 Å². The van der Waals surface area contributed by atoms with Crippen molar-refractivity contribution in [3.8, 4) is 0 Å². The van der Waals surface area contributed by atoms with Gasteiger partial charge in [0.25, 0.3) is 0 Å². The first-order valence-electron chi connectivity index (χ1n) is 10.1. The minimum Gasteiger partial charge on any atom is -0.469 e. The summed E-state index contributed by atoms with van der Waals surface area (Å²) in [6.07, 6.45) is 2.65. The van der Waals surface area contributed by atoms with Gasteiger partial charge < -0.3 is 9.73 Å². The fraction of sp³-hybridized carbons (Fsp3) is 0.200. The van der Waals surface area contributed by atoms with Crippen LogP contribution in [0.4, 0.5) is 11.4 Å². The molecule has 2 heterocycles. The molecule has 3 aromatic rings. The Morgan fingerprint density at radius 2 is 1.77 bits per heavy atom. The molecule has 0 radical (unpaired) electrons. The van der Waals surface area contributed by atoms with Gasteiger partial charge >= 0.3 is 0 Å². The molecule has 5 heteroatoms. The average molecular weight is 398 g/mol. The third kappa shape index (κ3) is 3.03. The van der Waals surface area contributed by atoms with Gasteiger partial charge in [0.15, 0.2) is 5.78 Å². The van der Waals surface area contributed by atoms with Crippen LogP contribution in [0.25, 0.3) is 0 Å². The van der Waals surface area contributed by atoms with Crippen LogP contribution >= 0.6 is 0 Å². The van der Waals surface area contributed by atoms with Crippen molar-refractivity contribution in [3.05, 3.63) is 95.6 Å². The van der Waals surface area contributed by atoms with Gasteiger partial charge in [-0.2, -0.15) is 0 Å². The van der Waals surface area contributed by atoms with E-state index in [0.717, 1.165) is 28.4 Å². The lowest BCUT2D eigenvalue weighted by Gasteiger charge is -2.34. The number of benzene rings is 2. The van der Waals surface area contributed by atoms with Crippen molar-refractivity contribution in [3.63, 3.8) is 0 Å². The van der Waals surface area contributed by atoms with Gasteiger partial charge in [-0.3, -0.25) is 14.5 Å². The monoisotopic (exact) mass is 398 g/mol. The highest BCUT2D eigenvalue weighted by atomic mass is 16.3. The summed E-state index contributed by atoms with van der Waals surface area (Å²) in [4.78, 5) is 28.1. The maximum Gasteiger partial charge on any atom is 0.224 e. The van der Waals surface area contributed by atoms with E-state index in [1.54, 1.807) is 18.1 Å². The van der Waals surface area contributed by atoms with Crippen molar-refractivity contribution < 1.29 is 14.0 Å². The zero-order valence-electron chi connectivity index (χ0n) is 16.7. The summed E-state index contributed by atoms with van der Waals surface area (Å²) in [6, 6.07) is 20.8. The van der Waals surface area contributed by atoms with Gasteiger partial charge in [-0.25, -0.2) is 0 Å². The molecule has 0 spiro atoms. The largest absolute Gasteiger partial charge is 0.469 e. The minimum atomic E-state index is -0.472. The van der Waals surface area contributed by atoms with Crippen molar-refractivity contribution in [2.45, 2.75) is 31.7 Å². The number of hydrogen-bond donors (Lipinski definition) is 1. The molecule has 2 atom stereocenters. The molecule has 1 amide bonds. The molecule has 0 saturated heterocycles. The SMILES string of the molecule is CC(=O)N1c2ccccc2NC2=C(C(=O)CC(c3ccco3)C2)C1c1ccccc1. The van der Waals surface area contributed by atoms with Crippen LogP contribution in [0.15, 0.2) is 88.7 Å². The average Bonchev–Trinajstić information content (AvgIpc) is 3.24. The topological polar surface area (TPSA) is 62.6 Å². The molecule has 2 unspecified atom stereocenters. The van der Waals surface area contributed by atoms with Gasteiger partial charge in [-0.05, 0) is 36.2 Å². The van der Waals surface area contributed by atoms with Gasteiger partial charge in [0, 0.05) is 30.5 Å². The number of anilines is 2. The number of carbonyl (C=O) groups excluding carboxylic acids is 2. The van der Waals surface area contributed by atoms with Crippen molar-refractivity contribution in [2.24, 2.45) is 0 Å². The Hall–Kier alpha value is -3.60. The van der Waals surface area contributed by atoms with Gasteiger partial charge in [-0.15, -0.1) is 0 Å². The predicted molar refractivity (Wildman–Crippen MR) is 115 cm³/mol. The normalized spacial score (nSPS) is 20.8. The van der Waals surface area contributed by atoms with E-state index in [1.807, 2.05) is 66.7 Å². The zero-order valence-corrected chi connectivity index (χ0v) is 16.7. The number of para-hydroxylation sites is 2. The van der Waals surface area contributed by atoms with Crippen LogP contribution in [-0.4, -0.2) is 11.7 Å². The van der Waals surface area contributed by atoms with Gasteiger partial charge in [0.1, 0.15) is 5.76 Å². The summed E-state index contributed by atoms with van der Waals surface area (Å²) in [5, 5.41) is 3.49. The molecule has 5 rings (SSSR count). The van der Waals surface area contributed by atoms with E-state index in [0.29, 0.717) is 18.4 Å². The number of allylic oxidation sites excluding steroid dienone is 1. The Balaban J connectivity index is 1.72. The molecular formula is C25H22N2O3. The van der Waals surface area contributed by atoms with E-state index >= 15 is 0 Å². The molecule has 2 aliphatic rings. The van der Waals surface area contributed by atoms with Gasteiger partial charge in [-0.1, -0.05) is 42.5 Å². The van der Waals surface area contributed by atoms with Crippen LogP contribution in [0, 0.1) is 0 Å². The smallest absolute Gasteiger partial charge is 0.224 e.